The van der Waals surface area contributed by atoms with E-state index in [1.165, 1.54) is 0 Å². The number of Topliss-reactive ketones (excluding diaryl/α,β-unsaturated/α-hetero) is 1. The summed E-state index contributed by atoms with van der Waals surface area (Å²) in [6, 6.07) is 21.8. The summed E-state index contributed by atoms with van der Waals surface area (Å²) in [5.74, 6) is -0.915. The summed E-state index contributed by atoms with van der Waals surface area (Å²) >= 11 is 0. The second-order valence-electron chi connectivity index (χ2n) is 7.59. The first-order chi connectivity index (χ1) is 14.6. The number of ketones is 1. The van der Waals surface area contributed by atoms with Crippen LogP contribution in [0.5, 0.6) is 0 Å². The van der Waals surface area contributed by atoms with Gasteiger partial charge < -0.3 is 10.1 Å². The smallest absolute Gasteiger partial charge is 0.336 e. The third-order valence-corrected chi connectivity index (χ3v) is 5.85. The number of fused-ring (bicyclic) bond motifs is 3. The molecule has 1 unspecified atom stereocenters. The molecule has 1 N–H and O–H groups in total. The Morgan fingerprint density at radius 2 is 1.67 bits per heavy atom. The maximum Gasteiger partial charge on any atom is 0.336 e. The molecule has 5 rings (SSSR count). The number of hydrogen-bond donors (Lipinski definition) is 1. The van der Waals surface area contributed by atoms with Crippen LogP contribution < -0.4 is 5.32 Å². The summed E-state index contributed by atoms with van der Waals surface area (Å²) in [6.07, 6.45) is 0. The van der Waals surface area contributed by atoms with Crippen molar-refractivity contribution in [2.45, 2.75) is 19.8 Å². The van der Waals surface area contributed by atoms with Gasteiger partial charge in [-0.15, -0.1) is 0 Å². The van der Waals surface area contributed by atoms with Crippen LogP contribution in [0.15, 0.2) is 83.6 Å². The maximum absolute atomic E-state index is 13.4. The van der Waals surface area contributed by atoms with E-state index in [9.17, 15) is 9.59 Å². The summed E-state index contributed by atoms with van der Waals surface area (Å²) in [5.41, 5.74) is 5.07. The lowest BCUT2D eigenvalue weighted by Crippen LogP contribution is -2.29. The molecule has 0 bridgehead atoms. The molecule has 1 aliphatic heterocycles. The van der Waals surface area contributed by atoms with Crippen LogP contribution >= 0.6 is 0 Å². The van der Waals surface area contributed by atoms with Gasteiger partial charge in [0, 0.05) is 28.3 Å². The molecule has 0 aromatic heterocycles. The van der Waals surface area contributed by atoms with Crippen molar-refractivity contribution in [3.63, 3.8) is 0 Å². The Hall–Kier alpha value is -3.66. The Morgan fingerprint density at radius 1 is 0.967 bits per heavy atom. The number of rotatable bonds is 3. The Balaban J connectivity index is 1.74. The van der Waals surface area contributed by atoms with Gasteiger partial charge in [-0.05, 0) is 30.2 Å². The molecule has 148 valence electrons. The minimum Gasteiger partial charge on any atom is -0.463 e. The SMILES string of the molecule is CCOC(=O)C1=C(C)NC2=C(C(=O)c3ccccc32)C1c1ccc2ccccc2c1. The predicted molar refractivity (Wildman–Crippen MR) is 117 cm³/mol. The topological polar surface area (TPSA) is 55.4 Å². The zero-order valence-electron chi connectivity index (χ0n) is 16.9. The summed E-state index contributed by atoms with van der Waals surface area (Å²) < 4.78 is 5.38. The molecule has 1 atom stereocenters. The van der Waals surface area contributed by atoms with Crippen molar-refractivity contribution < 1.29 is 14.3 Å². The van der Waals surface area contributed by atoms with E-state index >= 15 is 0 Å². The molecule has 30 heavy (non-hydrogen) atoms. The van der Waals surface area contributed by atoms with Crippen molar-refractivity contribution in [3.05, 3.63) is 100 Å². The first kappa shape index (κ1) is 18.4. The van der Waals surface area contributed by atoms with Crippen LogP contribution in [0.2, 0.25) is 0 Å². The van der Waals surface area contributed by atoms with Gasteiger partial charge in [0.2, 0.25) is 0 Å². The van der Waals surface area contributed by atoms with E-state index in [-0.39, 0.29) is 12.4 Å². The number of allylic oxidation sites excluding steroid dienone is 2. The molecule has 1 aliphatic carbocycles. The fraction of sp³-hybridized carbons (Fsp3) is 0.154. The molecule has 0 spiro atoms. The van der Waals surface area contributed by atoms with Crippen LogP contribution in [0.1, 0.15) is 41.3 Å². The van der Waals surface area contributed by atoms with Crippen molar-refractivity contribution in [2.24, 2.45) is 0 Å². The molecule has 0 fully saturated rings. The Bertz CT molecular complexity index is 1280. The number of dihydropyridines is 1. The number of esters is 1. The van der Waals surface area contributed by atoms with Gasteiger partial charge in [-0.25, -0.2) is 4.79 Å². The van der Waals surface area contributed by atoms with Gasteiger partial charge in [0.1, 0.15) is 0 Å². The summed E-state index contributed by atoms with van der Waals surface area (Å²) in [4.78, 5) is 26.4. The lowest BCUT2D eigenvalue weighted by atomic mass is 9.79. The van der Waals surface area contributed by atoms with E-state index in [1.54, 1.807) is 6.92 Å². The van der Waals surface area contributed by atoms with E-state index in [1.807, 2.05) is 61.5 Å². The fourth-order valence-electron chi connectivity index (χ4n) is 4.53. The van der Waals surface area contributed by atoms with Gasteiger partial charge in [-0.2, -0.15) is 0 Å². The average molecular weight is 395 g/mol. The second kappa shape index (κ2) is 6.99. The van der Waals surface area contributed by atoms with Gasteiger partial charge in [-0.1, -0.05) is 66.7 Å². The number of hydrogen-bond acceptors (Lipinski definition) is 4. The molecule has 4 nitrogen and oxygen atoms in total. The fourth-order valence-corrected chi connectivity index (χ4v) is 4.53. The quantitative estimate of drug-likeness (QED) is 0.636. The van der Waals surface area contributed by atoms with Crippen LogP contribution in [-0.2, 0) is 9.53 Å². The van der Waals surface area contributed by atoms with Gasteiger partial charge in [0.15, 0.2) is 5.78 Å². The lowest BCUT2D eigenvalue weighted by Gasteiger charge is -2.29. The highest BCUT2D eigenvalue weighted by molar-refractivity contribution is 6.23. The number of ether oxygens (including phenoxy) is 1. The van der Waals surface area contributed by atoms with E-state index in [0.29, 0.717) is 16.7 Å². The molecule has 0 amide bonds. The Kier molecular flexibility index (Phi) is 4.28. The number of benzene rings is 3. The van der Waals surface area contributed by atoms with Crippen LogP contribution in [-0.4, -0.2) is 18.4 Å². The normalized spacial score (nSPS) is 17.7. The van der Waals surface area contributed by atoms with Gasteiger partial charge in [-0.3, -0.25) is 4.79 Å². The number of carbonyl (C=O) groups excluding carboxylic acids is 2. The second-order valence-corrected chi connectivity index (χ2v) is 7.59. The zero-order valence-corrected chi connectivity index (χ0v) is 16.9. The van der Waals surface area contributed by atoms with Crippen molar-refractivity contribution in [3.8, 4) is 0 Å². The van der Waals surface area contributed by atoms with E-state index < -0.39 is 11.9 Å². The monoisotopic (exact) mass is 395 g/mol. The molecule has 1 heterocycles. The third kappa shape index (κ3) is 2.68. The molecular formula is C26H21NO3. The molecule has 0 saturated heterocycles. The van der Waals surface area contributed by atoms with Crippen LogP contribution in [0.3, 0.4) is 0 Å². The van der Waals surface area contributed by atoms with Crippen molar-refractivity contribution in [1.29, 1.82) is 0 Å². The molecule has 2 aliphatic rings. The standard InChI is InChI=1S/C26H21NO3/c1-3-30-26(29)21-15(2)27-24-19-10-6-7-11-20(19)25(28)23(24)22(21)18-13-12-16-8-4-5-9-17(16)14-18/h4-14,22,27H,3H2,1-2H3. The Labute approximate surface area is 174 Å². The molecule has 4 heteroatoms. The lowest BCUT2D eigenvalue weighted by molar-refractivity contribution is -0.138. The van der Waals surface area contributed by atoms with Crippen LogP contribution in [0.25, 0.3) is 16.5 Å². The van der Waals surface area contributed by atoms with Gasteiger partial charge in [0.05, 0.1) is 17.9 Å². The first-order valence-corrected chi connectivity index (χ1v) is 10.1. The predicted octanol–water partition coefficient (Wildman–Crippen LogP) is 4.97. The maximum atomic E-state index is 13.4. The van der Waals surface area contributed by atoms with E-state index in [4.69, 9.17) is 4.74 Å². The van der Waals surface area contributed by atoms with Crippen LogP contribution in [0.4, 0.5) is 0 Å². The molecule has 3 aromatic carbocycles. The minimum absolute atomic E-state index is 0.0412. The first-order valence-electron chi connectivity index (χ1n) is 10.1. The average Bonchev–Trinajstić information content (AvgIpc) is 3.04. The summed E-state index contributed by atoms with van der Waals surface area (Å²) in [5, 5.41) is 5.51. The van der Waals surface area contributed by atoms with Crippen molar-refractivity contribution in [1.82, 2.24) is 5.32 Å². The highest BCUT2D eigenvalue weighted by Crippen LogP contribution is 2.47. The zero-order chi connectivity index (χ0) is 20.8. The van der Waals surface area contributed by atoms with Gasteiger partial charge in [0.25, 0.3) is 0 Å². The largest absolute Gasteiger partial charge is 0.463 e. The third-order valence-electron chi connectivity index (χ3n) is 5.85. The van der Waals surface area contributed by atoms with E-state index in [2.05, 4.69) is 17.4 Å². The molecule has 3 aromatic rings. The van der Waals surface area contributed by atoms with Crippen molar-refractivity contribution in [2.75, 3.05) is 6.61 Å². The summed E-state index contributed by atoms with van der Waals surface area (Å²) in [6.45, 7) is 3.94. The van der Waals surface area contributed by atoms with Gasteiger partial charge >= 0.3 is 5.97 Å². The highest BCUT2D eigenvalue weighted by Gasteiger charge is 2.42. The van der Waals surface area contributed by atoms with Crippen LogP contribution in [0, 0.1) is 0 Å². The molecule has 0 saturated carbocycles. The number of nitrogens with one attached hydrogen (secondary N) is 1. The molecular weight excluding hydrogens is 374 g/mol. The Morgan fingerprint density at radius 3 is 2.43 bits per heavy atom. The minimum atomic E-state index is -0.482. The highest BCUT2D eigenvalue weighted by atomic mass is 16.5. The van der Waals surface area contributed by atoms with Crippen molar-refractivity contribution >= 4 is 28.2 Å². The molecule has 0 radical (unpaired) electrons. The summed E-state index contributed by atoms with van der Waals surface area (Å²) in [7, 11) is 0. The number of carbonyl (C=O) groups is 2. The van der Waals surface area contributed by atoms with E-state index in [0.717, 1.165) is 33.3 Å².